The van der Waals surface area contributed by atoms with Crippen LogP contribution in [-0.2, 0) is 6.54 Å². The lowest BCUT2D eigenvalue weighted by molar-refractivity contribution is 0.208. The van der Waals surface area contributed by atoms with Crippen LogP contribution in [0.5, 0.6) is 5.75 Å². The largest absolute Gasteiger partial charge is 0.492 e. The van der Waals surface area contributed by atoms with Gasteiger partial charge in [-0.1, -0.05) is 24.3 Å². The lowest BCUT2D eigenvalue weighted by Crippen LogP contribution is -2.37. The second kappa shape index (κ2) is 11.1. The van der Waals surface area contributed by atoms with Crippen LogP contribution < -0.4 is 15.4 Å². The number of hydrogen-bond donors (Lipinski definition) is 3. The predicted octanol–water partition coefficient (Wildman–Crippen LogP) is 3.85. The summed E-state index contributed by atoms with van der Waals surface area (Å²) in [4.78, 5) is 18.2. The van der Waals surface area contributed by atoms with Crippen molar-refractivity contribution in [3.63, 3.8) is 0 Å². The van der Waals surface area contributed by atoms with Gasteiger partial charge in [-0.15, -0.1) is 0 Å². The topological polar surface area (TPSA) is 107 Å². The molecule has 10 nitrogen and oxygen atoms in total. The zero-order valence-electron chi connectivity index (χ0n) is 22.7. The third-order valence-corrected chi connectivity index (χ3v) is 7.45. The highest BCUT2D eigenvalue weighted by Crippen LogP contribution is 2.31. The number of ether oxygens (including phenoxy) is 1. The third kappa shape index (κ3) is 5.20. The number of rotatable bonds is 11. The zero-order valence-corrected chi connectivity index (χ0v) is 22.7. The first-order chi connectivity index (χ1) is 19.6. The van der Waals surface area contributed by atoms with Gasteiger partial charge in [0.05, 0.1) is 30.2 Å². The van der Waals surface area contributed by atoms with Crippen molar-refractivity contribution in [2.45, 2.75) is 19.0 Å². The van der Waals surface area contributed by atoms with Gasteiger partial charge < -0.3 is 30.6 Å². The molecule has 204 valence electrons. The Balaban J connectivity index is 1.08. The number of hydrogen-bond acceptors (Lipinski definition) is 9. The van der Waals surface area contributed by atoms with Crippen molar-refractivity contribution in [1.82, 2.24) is 34.5 Å². The number of pyridine rings is 1. The van der Waals surface area contributed by atoms with Crippen molar-refractivity contribution < 1.29 is 4.74 Å². The Labute approximate surface area is 233 Å². The highest BCUT2D eigenvalue weighted by atomic mass is 16.5. The molecule has 40 heavy (non-hydrogen) atoms. The fourth-order valence-electron chi connectivity index (χ4n) is 5.29. The van der Waals surface area contributed by atoms with Gasteiger partial charge in [-0.05, 0) is 17.2 Å². The van der Waals surface area contributed by atoms with Crippen LogP contribution in [0, 0.1) is 5.41 Å². The van der Waals surface area contributed by atoms with Gasteiger partial charge in [0.25, 0.3) is 0 Å². The van der Waals surface area contributed by atoms with E-state index in [9.17, 15) is 0 Å². The predicted molar refractivity (Wildman–Crippen MR) is 157 cm³/mol. The van der Waals surface area contributed by atoms with Crippen LogP contribution in [0.25, 0.3) is 22.6 Å². The molecule has 6 rings (SSSR count). The third-order valence-electron chi connectivity index (χ3n) is 7.45. The number of nitrogens with one attached hydrogen (secondary N) is 3. The fourth-order valence-corrected chi connectivity index (χ4v) is 5.29. The number of imidazole rings is 1. The Morgan fingerprint density at radius 2 is 2.02 bits per heavy atom. The molecule has 0 aliphatic carbocycles. The SMILES string of the molecule is CN/C=C(\C=N)c1ccc(CNc2cc(-c3cnc4cc(OCCN5C=C6CC5CN6C)ccn34)ncn2)cc1. The van der Waals surface area contributed by atoms with Crippen molar-refractivity contribution in [3.8, 4) is 17.1 Å². The molecule has 2 aliphatic rings. The quantitative estimate of drug-likeness (QED) is 0.249. The van der Waals surface area contributed by atoms with Gasteiger partial charge in [0.1, 0.15) is 30.1 Å². The highest BCUT2D eigenvalue weighted by molar-refractivity contribution is 6.08. The molecule has 1 atom stereocenters. The summed E-state index contributed by atoms with van der Waals surface area (Å²) in [7, 11) is 3.99. The minimum absolute atomic E-state index is 0.584. The Morgan fingerprint density at radius 3 is 2.77 bits per heavy atom. The van der Waals surface area contributed by atoms with Crippen LogP contribution in [0.1, 0.15) is 17.5 Å². The van der Waals surface area contributed by atoms with Crippen LogP contribution in [0.3, 0.4) is 0 Å². The molecule has 1 unspecified atom stereocenters. The van der Waals surface area contributed by atoms with Gasteiger partial charge in [0.15, 0.2) is 0 Å². The molecule has 0 radical (unpaired) electrons. The minimum atomic E-state index is 0.584. The maximum Gasteiger partial charge on any atom is 0.140 e. The summed E-state index contributed by atoms with van der Waals surface area (Å²) in [6.07, 6.45) is 11.9. The van der Waals surface area contributed by atoms with E-state index in [-0.39, 0.29) is 0 Å². The molecule has 5 heterocycles. The molecule has 1 aromatic carbocycles. The molecule has 0 amide bonds. The number of likely N-dealkylation sites (N-methyl/N-ethyl adjacent to an activating group) is 1. The molecule has 10 heteroatoms. The summed E-state index contributed by atoms with van der Waals surface area (Å²) in [6, 6.07) is 14.6. The van der Waals surface area contributed by atoms with Gasteiger partial charge in [-0.2, -0.15) is 0 Å². The number of anilines is 1. The smallest absolute Gasteiger partial charge is 0.140 e. The average molecular weight is 536 g/mol. The first-order valence-electron chi connectivity index (χ1n) is 13.4. The second-order valence-electron chi connectivity index (χ2n) is 10.1. The van der Waals surface area contributed by atoms with E-state index in [0.717, 1.165) is 64.8 Å². The molecule has 0 spiro atoms. The summed E-state index contributed by atoms with van der Waals surface area (Å²) in [6.45, 7) is 3.23. The Hall–Kier alpha value is -4.86. The molecular formula is C30H33N9O. The number of nitrogens with zero attached hydrogens (tertiary/aromatic N) is 6. The second-order valence-corrected chi connectivity index (χ2v) is 10.1. The van der Waals surface area contributed by atoms with E-state index in [1.807, 2.05) is 72.5 Å². The Bertz CT molecular complexity index is 1570. The maximum absolute atomic E-state index is 7.59. The Morgan fingerprint density at radius 1 is 1.15 bits per heavy atom. The Kier molecular flexibility index (Phi) is 7.05. The standard InChI is InChI=1S/C30H33N9O/c1-32-16-23(14-31)22-5-3-21(4-6-22)15-33-29-13-27(35-20-36-29)28-17-34-30-12-26(7-8-39(28)30)40-10-9-38-19-24-11-25(38)18-37(24)2/h3-8,12-14,16-17,19-20,25,31-32H,9-11,15,18H2,1-2H3,(H,33,35,36)/b23-16+,31-14?. The molecule has 1 saturated heterocycles. The molecule has 0 saturated carbocycles. The van der Waals surface area contributed by atoms with Gasteiger partial charge in [-0.3, -0.25) is 4.40 Å². The van der Waals surface area contributed by atoms with Gasteiger partial charge in [-0.25, -0.2) is 15.0 Å². The van der Waals surface area contributed by atoms with Crippen molar-refractivity contribution in [2.75, 3.05) is 39.1 Å². The van der Waals surface area contributed by atoms with E-state index in [4.69, 9.17) is 10.1 Å². The van der Waals surface area contributed by atoms with E-state index in [1.165, 1.54) is 11.9 Å². The van der Waals surface area contributed by atoms with Gasteiger partial charge in [0, 0.05) is 81.8 Å². The number of aromatic nitrogens is 4. The lowest BCUT2D eigenvalue weighted by atomic mass is 10.1. The van der Waals surface area contributed by atoms with Crippen LogP contribution in [0.2, 0.25) is 0 Å². The summed E-state index contributed by atoms with van der Waals surface area (Å²) >= 11 is 0. The summed E-state index contributed by atoms with van der Waals surface area (Å²) in [5.74, 6) is 1.54. The molecular weight excluding hydrogens is 502 g/mol. The molecule has 3 N–H and O–H groups in total. The van der Waals surface area contributed by atoms with Crippen LogP contribution in [0.4, 0.5) is 5.82 Å². The van der Waals surface area contributed by atoms with Crippen LogP contribution >= 0.6 is 0 Å². The van der Waals surface area contributed by atoms with E-state index in [2.05, 4.69) is 48.6 Å². The lowest BCUT2D eigenvalue weighted by Gasteiger charge is -2.28. The number of fused-ring (bicyclic) bond motifs is 3. The molecule has 2 aliphatic heterocycles. The minimum Gasteiger partial charge on any atom is -0.492 e. The maximum atomic E-state index is 7.59. The van der Waals surface area contributed by atoms with Crippen molar-refractivity contribution >= 4 is 23.3 Å². The van der Waals surface area contributed by atoms with Gasteiger partial charge >= 0.3 is 0 Å². The summed E-state index contributed by atoms with van der Waals surface area (Å²) in [5, 5.41) is 13.9. The fraction of sp³-hybridized carbons (Fsp3) is 0.267. The zero-order chi connectivity index (χ0) is 27.5. The molecule has 1 fully saturated rings. The number of likely N-dealkylation sites (tertiary alicyclic amines) is 1. The van der Waals surface area contributed by atoms with E-state index in [0.29, 0.717) is 19.2 Å². The van der Waals surface area contributed by atoms with Crippen molar-refractivity contribution in [1.29, 1.82) is 5.41 Å². The van der Waals surface area contributed by atoms with E-state index >= 15 is 0 Å². The first-order valence-corrected chi connectivity index (χ1v) is 13.4. The number of benzene rings is 1. The monoisotopic (exact) mass is 535 g/mol. The van der Waals surface area contributed by atoms with Crippen molar-refractivity contribution in [3.05, 3.63) is 90.4 Å². The number of allylic oxidation sites excluding steroid dienone is 1. The van der Waals surface area contributed by atoms with Gasteiger partial charge in [0.2, 0.25) is 0 Å². The highest BCUT2D eigenvalue weighted by Gasteiger charge is 2.33. The average Bonchev–Trinajstić information content (AvgIpc) is 3.69. The van der Waals surface area contributed by atoms with Crippen LogP contribution in [0.15, 0.2) is 79.3 Å². The van der Waals surface area contributed by atoms with E-state index < -0.39 is 0 Å². The van der Waals surface area contributed by atoms with Crippen LogP contribution in [-0.4, -0.2) is 75.2 Å². The van der Waals surface area contributed by atoms with E-state index in [1.54, 1.807) is 6.33 Å². The first kappa shape index (κ1) is 25.4. The summed E-state index contributed by atoms with van der Waals surface area (Å²) < 4.78 is 8.08. The molecule has 2 bridgehead atoms. The normalized spacial score (nSPS) is 16.4. The molecule has 3 aromatic heterocycles. The van der Waals surface area contributed by atoms with Crippen molar-refractivity contribution in [2.24, 2.45) is 0 Å². The molecule has 4 aromatic rings. The summed E-state index contributed by atoms with van der Waals surface area (Å²) in [5.41, 5.74) is 6.82.